The Bertz CT molecular complexity index is 3680. The number of benzene rings is 9. The summed E-state index contributed by atoms with van der Waals surface area (Å²) in [5, 5.41) is 3.60. The zero-order chi connectivity index (χ0) is 79.1. The van der Waals surface area contributed by atoms with Crippen LogP contribution in [0.5, 0.6) is 5.75 Å². The van der Waals surface area contributed by atoms with Gasteiger partial charge in [0.2, 0.25) is 0 Å². The summed E-state index contributed by atoms with van der Waals surface area (Å²) in [5.41, 5.74) is -1.29. The van der Waals surface area contributed by atoms with Crippen LogP contribution in [0, 0.1) is 0 Å². The summed E-state index contributed by atoms with van der Waals surface area (Å²) < 4.78 is 128. The molecule has 0 amide bonds. The molecular weight excluding hydrogens is 1450 g/mol. The Morgan fingerprint density at radius 1 is 0.295 bits per heavy atom. The first-order valence-corrected chi connectivity index (χ1v) is 46.4. The van der Waals surface area contributed by atoms with Crippen molar-refractivity contribution in [1.29, 1.82) is 0 Å². The first-order chi connectivity index (χ1) is 54.5. The number of hydrogen-bond donors (Lipinski definition) is 0. The Labute approximate surface area is 665 Å². The molecule has 112 heavy (non-hydrogen) atoms. The molecule has 600 valence electrons. The third-order valence-electron chi connectivity index (χ3n) is 22.1. The molecule has 9 aromatic rings. The average Bonchev–Trinajstić information content (AvgIpc) is 0.682. The van der Waals surface area contributed by atoms with Crippen LogP contribution in [0.15, 0.2) is 249 Å². The summed E-state index contributed by atoms with van der Waals surface area (Å²) in [6.07, 6.45) is 28.6. The van der Waals surface area contributed by atoms with E-state index in [9.17, 15) is 9.59 Å². The number of esters is 2. The fourth-order valence-corrected chi connectivity index (χ4v) is 27.3. The SMILES string of the molecule is CCCCCCCCCCCCCCCCCCOC(=O)c1ccc(CP(OB(Oc2cc(C(F)(F)F)cc(C(F)(F)F)c2)OP(Cc2ccc(C(=O)OCCCCCCCCCCCCCCCCCC)cc2)(c2ccccc2)(c2ccccc2)c2ccccc2)(c2ccccc2)(c2ccccc2)c2ccccc2)cc1. The van der Waals surface area contributed by atoms with E-state index < -0.39 is 62.1 Å². The van der Waals surface area contributed by atoms with E-state index in [-0.39, 0.29) is 31.6 Å². The summed E-state index contributed by atoms with van der Waals surface area (Å²) in [6.45, 7) is -5.22. The molecule has 0 aliphatic carbocycles. The fraction of sp³-hybridized carbons (Fsp3) is 0.417. The van der Waals surface area contributed by atoms with Gasteiger partial charge in [-0.15, -0.1) is 0 Å². The number of hydrogen-bond acceptors (Lipinski definition) is 7. The first kappa shape index (κ1) is 88.1. The van der Waals surface area contributed by atoms with Crippen LogP contribution in [0.4, 0.5) is 26.3 Å². The van der Waals surface area contributed by atoms with Crippen LogP contribution < -0.4 is 36.5 Å². The molecule has 0 aliphatic heterocycles. The topological polar surface area (TPSA) is 80.3 Å². The third-order valence-corrected chi connectivity index (χ3v) is 33.6. The zero-order valence-corrected chi connectivity index (χ0v) is 68.0. The molecule has 0 saturated heterocycles. The van der Waals surface area contributed by atoms with E-state index in [4.69, 9.17) is 23.0 Å². The van der Waals surface area contributed by atoms with Gasteiger partial charge in [0.05, 0.1) is 0 Å². The monoisotopic (exact) mass is 1570 g/mol. The molecule has 0 spiro atoms. The number of rotatable bonds is 52. The molecule has 0 aliphatic rings. The minimum absolute atomic E-state index is 0.0211. The van der Waals surface area contributed by atoms with Crippen molar-refractivity contribution in [2.75, 3.05) is 13.2 Å². The van der Waals surface area contributed by atoms with Gasteiger partial charge in [-0.05, 0) is 0 Å². The normalized spacial score (nSPS) is 12.7. The van der Waals surface area contributed by atoms with Crippen LogP contribution >= 0.6 is 13.7 Å². The Balaban J connectivity index is 1.07. The van der Waals surface area contributed by atoms with Gasteiger partial charge in [-0.3, -0.25) is 0 Å². The van der Waals surface area contributed by atoms with E-state index in [0.29, 0.717) is 66.2 Å². The average molecular weight is 1570 g/mol. The maximum atomic E-state index is 15.4. The molecule has 0 atom stereocenters. The number of unbranched alkanes of at least 4 members (excludes halogenated alkanes) is 30. The van der Waals surface area contributed by atoms with Crippen molar-refractivity contribution in [2.45, 2.75) is 244 Å². The molecule has 0 aromatic heterocycles. The van der Waals surface area contributed by atoms with Crippen LogP contribution in [0.25, 0.3) is 0 Å². The van der Waals surface area contributed by atoms with Crippen molar-refractivity contribution >= 4 is 64.7 Å². The second-order valence-corrected chi connectivity index (χ2v) is 39.4. The van der Waals surface area contributed by atoms with Gasteiger partial charge in [-0.1, -0.05) is 168 Å². The molecular formula is C96H119BF6O7P2. The van der Waals surface area contributed by atoms with Gasteiger partial charge in [-0.25, -0.2) is 0 Å². The molecule has 16 heteroatoms. The van der Waals surface area contributed by atoms with E-state index in [1.165, 1.54) is 154 Å². The summed E-state index contributed by atoms with van der Waals surface area (Å²) in [4.78, 5) is 28.0. The van der Waals surface area contributed by atoms with Crippen LogP contribution in [-0.2, 0) is 43.0 Å². The first-order valence-electron chi connectivity index (χ1n) is 41.7. The zero-order valence-electron chi connectivity index (χ0n) is 66.2. The standard InChI is InChI=1S/C96H119BF6O7P2/c1-3-5-7-9-11-13-15-17-19-21-23-25-27-29-31-51-73-106-93(104)82-69-65-80(66-70-82)78-111(87-53-39-33-40-54-87,88-55-41-34-42-56-88,89-57-43-35-44-58-89)109-97(108-86-76-84(95(98,99)100)75-85(77-86)96(101,102)103)110-112(90-59-45-36-46-60-90,91-61-47-37-48-62-91,92-63-49-38-50-64-92)79-81-67-71-83(72-68-81)94(105)107-74-52-32-30-28-26-24-22-20-18-16-14-12-10-8-6-4-2/h33-50,53-72,75-77H,3-32,51-52,73-74,78-79H2,1-2H3. The van der Waals surface area contributed by atoms with Gasteiger partial charge in [0, 0.05) is 0 Å². The number of halogens is 6. The number of carbonyl (C=O) groups excluding carboxylic acids is 2. The van der Waals surface area contributed by atoms with Crippen molar-refractivity contribution < 1.29 is 58.9 Å². The summed E-state index contributed by atoms with van der Waals surface area (Å²) in [7, 11) is -2.24. The Morgan fingerprint density at radius 3 is 0.741 bits per heavy atom. The van der Waals surface area contributed by atoms with Crippen LogP contribution in [0.1, 0.15) is 262 Å². The van der Waals surface area contributed by atoms with Gasteiger partial charge in [0.1, 0.15) is 0 Å². The third kappa shape index (κ3) is 24.6. The van der Waals surface area contributed by atoms with Gasteiger partial charge in [-0.2, -0.15) is 0 Å². The van der Waals surface area contributed by atoms with E-state index in [0.717, 1.165) is 51.4 Å². The van der Waals surface area contributed by atoms with E-state index in [2.05, 4.69) is 13.8 Å². The molecule has 0 bridgehead atoms. The molecule has 0 fully saturated rings. The molecule has 0 unspecified atom stereocenters. The molecule has 0 N–H and O–H groups in total. The van der Waals surface area contributed by atoms with Crippen molar-refractivity contribution in [2.24, 2.45) is 0 Å². The predicted octanol–water partition coefficient (Wildman–Crippen LogP) is 26.2. The van der Waals surface area contributed by atoms with Crippen molar-refractivity contribution in [3.8, 4) is 5.75 Å². The minimum atomic E-state index is -5.28. The van der Waals surface area contributed by atoms with E-state index >= 15 is 26.3 Å². The molecule has 0 heterocycles. The van der Waals surface area contributed by atoms with Crippen molar-refractivity contribution in [1.82, 2.24) is 0 Å². The van der Waals surface area contributed by atoms with Crippen LogP contribution in [0.3, 0.4) is 0 Å². The summed E-state index contributed by atoms with van der Waals surface area (Å²) >= 11 is 0. The van der Waals surface area contributed by atoms with Gasteiger partial charge in [0.25, 0.3) is 0 Å². The predicted molar refractivity (Wildman–Crippen MR) is 455 cm³/mol. The van der Waals surface area contributed by atoms with Gasteiger partial charge < -0.3 is 0 Å². The number of alkyl halides is 6. The van der Waals surface area contributed by atoms with Crippen molar-refractivity contribution in [3.05, 3.63) is 282 Å². The summed E-state index contributed by atoms with van der Waals surface area (Å²) in [5.74, 6) is -1.81. The summed E-state index contributed by atoms with van der Waals surface area (Å²) in [6, 6.07) is 71.9. The Morgan fingerprint density at radius 2 is 0.518 bits per heavy atom. The Kier molecular flexibility index (Phi) is 35.6. The van der Waals surface area contributed by atoms with E-state index in [1.54, 1.807) is 24.3 Å². The molecule has 9 rings (SSSR count). The second kappa shape index (κ2) is 45.3. The van der Waals surface area contributed by atoms with Crippen LogP contribution in [-0.4, -0.2) is 32.5 Å². The van der Waals surface area contributed by atoms with Gasteiger partial charge >= 0.3 is 501 Å². The van der Waals surface area contributed by atoms with E-state index in [1.807, 2.05) is 206 Å². The fourth-order valence-electron chi connectivity index (χ4n) is 15.9. The maximum absolute atomic E-state index is 15.4. The van der Waals surface area contributed by atoms with Crippen molar-refractivity contribution in [3.63, 3.8) is 0 Å². The van der Waals surface area contributed by atoms with Crippen LogP contribution in [0.2, 0.25) is 0 Å². The van der Waals surface area contributed by atoms with Gasteiger partial charge in [0.15, 0.2) is 0 Å². The number of carbonyl (C=O) groups is 2. The quantitative estimate of drug-likeness (QED) is 0.0124. The number of ether oxygens (including phenoxy) is 2. The molecule has 0 saturated carbocycles. The molecule has 9 aromatic carbocycles. The second-order valence-electron chi connectivity index (χ2n) is 30.4. The molecule has 7 nitrogen and oxygen atoms in total. The molecule has 0 radical (unpaired) electrons. The Hall–Kier alpha value is -7.86.